The molecular formula is C22H22N2O2S2. The fourth-order valence-corrected chi connectivity index (χ4v) is 4.14. The third-order valence-electron chi connectivity index (χ3n) is 4.40. The van der Waals surface area contributed by atoms with Crippen molar-refractivity contribution in [3.05, 3.63) is 70.6 Å². The average Bonchev–Trinajstić information content (AvgIpc) is 2.96. The summed E-state index contributed by atoms with van der Waals surface area (Å²) in [5.41, 5.74) is 3.02. The maximum atomic E-state index is 12.7. The number of carbonyl (C=O) groups excluding carboxylic acids is 2. The SMILES string of the molecule is CCc1ccc(/C=C2\SC(=S)N(CCCC(=O)Nc3ccccc3)C2=O)cc1. The number of hydrogen-bond acceptors (Lipinski definition) is 4. The van der Waals surface area contributed by atoms with Crippen molar-refractivity contribution in [1.29, 1.82) is 0 Å². The minimum atomic E-state index is -0.0852. The van der Waals surface area contributed by atoms with Crippen LogP contribution in [-0.4, -0.2) is 27.6 Å². The first kappa shape index (κ1) is 20.3. The molecule has 28 heavy (non-hydrogen) atoms. The minimum absolute atomic E-state index is 0.0665. The van der Waals surface area contributed by atoms with Crippen LogP contribution in [-0.2, 0) is 16.0 Å². The first-order valence-corrected chi connectivity index (χ1v) is 10.5. The Morgan fingerprint density at radius 1 is 1.14 bits per heavy atom. The van der Waals surface area contributed by atoms with Crippen LogP contribution in [0.15, 0.2) is 59.5 Å². The van der Waals surface area contributed by atoms with Gasteiger partial charge in [0.2, 0.25) is 5.91 Å². The number of anilines is 1. The fourth-order valence-electron chi connectivity index (χ4n) is 2.84. The molecule has 1 N–H and O–H groups in total. The first-order valence-electron chi connectivity index (χ1n) is 9.26. The van der Waals surface area contributed by atoms with Crippen LogP contribution in [0.5, 0.6) is 0 Å². The number of thiocarbonyl (C=S) groups is 1. The number of carbonyl (C=O) groups is 2. The van der Waals surface area contributed by atoms with Crippen LogP contribution < -0.4 is 5.32 Å². The quantitative estimate of drug-likeness (QED) is 0.523. The Morgan fingerprint density at radius 2 is 1.86 bits per heavy atom. The molecule has 4 nitrogen and oxygen atoms in total. The van der Waals surface area contributed by atoms with E-state index in [1.54, 1.807) is 4.90 Å². The van der Waals surface area contributed by atoms with E-state index in [-0.39, 0.29) is 11.8 Å². The van der Waals surface area contributed by atoms with Gasteiger partial charge in [0.05, 0.1) is 4.91 Å². The van der Waals surface area contributed by atoms with Crippen LogP contribution in [0.1, 0.15) is 30.9 Å². The minimum Gasteiger partial charge on any atom is -0.326 e. The van der Waals surface area contributed by atoms with Crippen molar-refractivity contribution in [2.24, 2.45) is 0 Å². The highest BCUT2D eigenvalue weighted by Crippen LogP contribution is 2.32. The van der Waals surface area contributed by atoms with E-state index in [9.17, 15) is 9.59 Å². The van der Waals surface area contributed by atoms with Gasteiger partial charge >= 0.3 is 0 Å². The van der Waals surface area contributed by atoms with Crippen molar-refractivity contribution < 1.29 is 9.59 Å². The van der Waals surface area contributed by atoms with Crippen LogP contribution in [0.3, 0.4) is 0 Å². The molecule has 2 aromatic carbocycles. The summed E-state index contributed by atoms with van der Waals surface area (Å²) in [6, 6.07) is 17.5. The van der Waals surface area contributed by atoms with Crippen molar-refractivity contribution in [2.75, 3.05) is 11.9 Å². The van der Waals surface area contributed by atoms with E-state index in [0.717, 1.165) is 17.7 Å². The predicted molar refractivity (Wildman–Crippen MR) is 120 cm³/mol. The second kappa shape index (κ2) is 9.66. The van der Waals surface area contributed by atoms with Crippen molar-refractivity contribution in [2.45, 2.75) is 26.2 Å². The van der Waals surface area contributed by atoms with Crippen molar-refractivity contribution in [3.8, 4) is 0 Å². The summed E-state index contributed by atoms with van der Waals surface area (Å²) in [5.74, 6) is -0.152. The summed E-state index contributed by atoms with van der Waals surface area (Å²) in [5, 5.41) is 2.85. The van der Waals surface area contributed by atoms with Gasteiger partial charge in [-0.1, -0.05) is 73.4 Å². The second-order valence-electron chi connectivity index (χ2n) is 6.45. The molecule has 0 spiro atoms. The van der Waals surface area contributed by atoms with E-state index in [0.29, 0.717) is 28.6 Å². The Kier molecular flexibility index (Phi) is 7.01. The first-order chi connectivity index (χ1) is 13.6. The Balaban J connectivity index is 1.53. The molecule has 0 bridgehead atoms. The Hall–Kier alpha value is -2.44. The summed E-state index contributed by atoms with van der Waals surface area (Å²) >= 11 is 6.68. The second-order valence-corrected chi connectivity index (χ2v) is 8.12. The molecule has 3 rings (SSSR count). The molecule has 0 saturated carbocycles. The highest BCUT2D eigenvalue weighted by atomic mass is 32.2. The Morgan fingerprint density at radius 3 is 2.54 bits per heavy atom. The molecule has 1 heterocycles. The van der Waals surface area contributed by atoms with Gasteiger partial charge in [-0.25, -0.2) is 0 Å². The van der Waals surface area contributed by atoms with E-state index in [2.05, 4.69) is 24.4 Å². The molecule has 0 radical (unpaired) electrons. The third kappa shape index (κ3) is 5.30. The lowest BCUT2D eigenvalue weighted by Crippen LogP contribution is -2.29. The molecule has 6 heteroatoms. The van der Waals surface area contributed by atoms with Gasteiger partial charge in [0.25, 0.3) is 5.91 Å². The number of hydrogen-bond donors (Lipinski definition) is 1. The number of nitrogens with zero attached hydrogens (tertiary/aromatic N) is 1. The maximum absolute atomic E-state index is 12.7. The van der Waals surface area contributed by atoms with Crippen LogP contribution in [0, 0.1) is 0 Å². The number of nitrogens with one attached hydrogen (secondary N) is 1. The highest BCUT2D eigenvalue weighted by molar-refractivity contribution is 8.26. The normalized spacial score (nSPS) is 15.3. The van der Waals surface area contributed by atoms with Crippen LogP contribution in [0.25, 0.3) is 6.08 Å². The lowest BCUT2D eigenvalue weighted by atomic mass is 10.1. The largest absolute Gasteiger partial charge is 0.326 e. The fraction of sp³-hybridized carbons (Fsp3) is 0.227. The molecule has 0 aromatic heterocycles. The van der Waals surface area contributed by atoms with E-state index in [4.69, 9.17) is 12.2 Å². The molecule has 2 amide bonds. The summed E-state index contributed by atoms with van der Waals surface area (Å²) < 4.78 is 0.546. The summed E-state index contributed by atoms with van der Waals surface area (Å²) in [6.07, 6.45) is 3.76. The topological polar surface area (TPSA) is 49.4 Å². The van der Waals surface area contributed by atoms with E-state index >= 15 is 0 Å². The zero-order valence-corrected chi connectivity index (χ0v) is 17.3. The lowest BCUT2D eigenvalue weighted by Gasteiger charge is -2.14. The van der Waals surface area contributed by atoms with E-state index in [1.807, 2.05) is 48.5 Å². The van der Waals surface area contributed by atoms with Crippen molar-refractivity contribution >= 4 is 51.9 Å². The molecule has 1 saturated heterocycles. The van der Waals surface area contributed by atoms with Crippen molar-refractivity contribution in [3.63, 3.8) is 0 Å². The molecule has 1 aliphatic heterocycles. The monoisotopic (exact) mass is 410 g/mol. The number of rotatable bonds is 7. The predicted octanol–water partition coefficient (Wildman–Crippen LogP) is 4.87. The smallest absolute Gasteiger partial charge is 0.266 e. The van der Waals surface area contributed by atoms with Gasteiger partial charge in [0.1, 0.15) is 4.32 Å². The molecule has 1 fully saturated rings. The van der Waals surface area contributed by atoms with Gasteiger partial charge in [-0.2, -0.15) is 0 Å². The average molecular weight is 411 g/mol. The number of thioether (sulfide) groups is 1. The van der Waals surface area contributed by atoms with Gasteiger partial charge in [-0.15, -0.1) is 0 Å². The molecule has 1 aliphatic rings. The third-order valence-corrected chi connectivity index (χ3v) is 5.78. The van der Waals surface area contributed by atoms with E-state index < -0.39 is 0 Å². The summed E-state index contributed by atoms with van der Waals surface area (Å²) in [4.78, 5) is 26.9. The van der Waals surface area contributed by atoms with Crippen LogP contribution in [0.2, 0.25) is 0 Å². The Labute approximate surface area is 175 Å². The zero-order valence-electron chi connectivity index (χ0n) is 15.7. The van der Waals surface area contributed by atoms with Gasteiger partial charge in [0.15, 0.2) is 0 Å². The lowest BCUT2D eigenvalue weighted by molar-refractivity contribution is -0.122. The van der Waals surface area contributed by atoms with Gasteiger partial charge in [-0.3, -0.25) is 14.5 Å². The van der Waals surface area contributed by atoms with Crippen LogP contribution in [0.4, 0.5) is 5.69 Å². The van der Waals surface area contributed by atoms with Crippen LogP contribution >= 0.6 is 24.0 Å². The number of amides is 2. The highest BCUT2D eigenvalue weighted by Gasteiger charge is 2.31. The van der Waals surface area contributed by atoms with Gasteiger partial charge < -0.3 is 5.32 Å². The molecule has 0 aliphatic carbocycles. The summed E-state index contributed by atoms with van der Waals surface area (Å²) in [7, 11) is 0. The number of benzene rings is 2. The van der Waals surface area contributed by atoms with Crippen molar-refractivity contribution in [1.82, 2.24) is 4.90 Å². The zero-order chi connectivity index (χ0) is 19.9. The molecule has 0 unspecified atom stereocenters. The number of aryl methyl sites for hydroxylation is 1. The van der Waals surface area contributed by atoms with Gasteiger partial charge in [-0.05, 0) is 42.2 Å². The molecule has 2 aromatic rings. The van der Waals surface area contributed by atoms with E-state index in [1.165, 1.54) is 17.3 Å². The molecule has 0 atom stereocenters. The Bertz CT molecular complexity index is 893. The molecule has 144 valence electrons. The summed E-state index contributed by atoms with van der Waals surface area (Å²) in [6.45, 7) is 2.55. The van der Waals surface area contributed by atoms with Gasteiger partial charge in [0, 0.05) is 18.7 Å². The standard InChI is InChI=1S/C22H22N2O2S2/c1-2-16-10-12-17(13-11-16)15-19-21(26)24(22(27)28-19)14-6-9-20(25)23-18-7-4-3-5-8-18/h3-5,7-8,10-13,15H,2,6,9,14H2,1H3,(H,23,25)/b19-15-. The molecular weight excluding hydrogens is 388 g/mol. The maximum Gasteiger partial charge on any atom is 0.266 e. The number of para-hydroxylation sites is 1.